The second kappa shape index (κ2) is 5.62. The average Bonchev–Trinajstić information content (AvgIpc) is 3.25. The molecule has 0 radical (unpaired) electrons. The lowest BCUT2D eigenvalue weighted by atomic mass is 10.1. The quantitative estimate of drug-likeness (QED) is 0.561. The number of aromatic amines is 1. The summed E-state index contributed by atoms with van der Waals surface area (Å²) in [4.78, 5) is 35.8. The fraction of sp³-hybridized carbons (Fsp3) is 0.0588. The van der Waals surface area contributed by atoms with Crippen molar-refractivity contribution in [2.45, 2.75) is 0 Å². The first-order valence-corrected chi connectivity index (χ1v) is 7.39. The molecule has 0 atom stereocenters. The van der Waals surface area contributed by atoms with E-state index in [-0.39, 0.29) is 18.0 Å². The summed E-state index contributed by atoms with van der Waals surface area (Å²) in [6.45, 7) is -0.0953. The summed E-state index contributed by atoms with van der Waals surface area (Å²) in [6.07, 6.45) is 6.70. The maximum Gasteiger partial charge on any atom is 0.270 e. The normalized spacial score (nSPS) is 11.0. The zero-order valence-corrected chi connectivity index (χ0v) is 12.6. The largest absolute Gasteiger partial charge is 0.360 e. The van der Waals surface area contributed by atoms with Gasteiger partial charge in [-0.1, -0.05) is 18.2 Å². The molecule has 7 heteroatoms. The molecule has 0 saturated heterocycles. The summed E-state index contributed by atoms with van der Waals surface area (Å²) in [5.74, 6) is -0.137. The first kappa shape index (κ1) is 14.1. The highest BCUT2D eigenvalue weighted by atomic mass is 16.2. The number of hydrogen-bond acceptors (Lipinski definition) is 4. The van der Waals surface area contributed by atoms with Crippen molar-refractivity contribution in [2.75, 3.05) is 6.54 Å². The molecule has 0 aliphatic heterocycles. The van der Waals surface area contributed by atoms with E-state index in [4.69, 9.17) is 0 Å². The summed E-state index contributed by atoms with van der Waals surface area (Å²) < 4.78 is 1.70. The second-order valence-electron chi connectivity index (χ2n) is 5.30. The minimum atomic E-state index is -0.409. The number of nitrogens with one attached hydrogen (secondary N) is 2. The van der Waals surface area contributed by atoms with Crippen molar-refractivity contribution in [1.29, 1.82) is 0 Å². The van der Waals surface area contributed by atoms with E-state index in [1.54, 1.807) is 35.3 Å². The van der Waals surface area contributed by atoms with E-state index >= 15 is 0 Å². The Morgan fingerprint density at radius 1 is 1.17 bits per heavy atom. The molecule has 2 N–H and O–H groups in total. The lowest BCUT2D eigenvalue weighted by molar-refractivity contribution is 0.0901. The van der Waals surface area contributed by atoms with Crippen molar-refractivity contribution < 1.29 is 9.59 Å². The predicted molar refractivity (Wildman–Crippen MR) is 87.9 cm³/mol. The van der Waals surface area contributed by atoms with Crippen LogP contribution in [0.2, 0.25) is 0 Å². The molecule has 4 rings (SSSR count). The van der Waals surface area contributed by atoms with E-state index in [0.29, 0.717) is 11.3 Å². The van der Waals surface area contributed by atoms with Gasteiger partial charge in [-0.15, -0.1) is 0 Å². The van der Waals surface area contributed by atoms with Gasteiger partial charge in [-0.3, -0.25) is 14.0 Å². The average molecular weight is 319 g/mol. The van der Waals surface area contributed by atoms with Crippen LogP contribution in [0.4, 0.5) is 0 Å². The van der Waals surface area contributed by atoms with Crippen molar-refractivity contribution >= 4 is 28.4 Å². The second-order valence-corrected chi connectivity index (χ2v) is 5.30. The third kappa shape index (κ3) is 2.41. The number of carbonyl (C=O) groups excluding carboxylic acids is 2. The maximum atomic E-state index is 12.4. The SMILES string of the molecule is O=C(NCC(=O)c1c[nH]c2ccccc12)c1ccn2ccnc2n1. The van der Waals surface area contributed by atoms with Crippen molar-refractivity contribution in [3.8, 4) is 0 Å². The molecule has 3 heterocycles. The Bertz CT molecular complexity index is 1060. The van der Waals surface area contributed by atoms with Crippen LogP contribution in [0.5, 0.6) is 0 Å². The molecular formula is C17H13N5O2. The van der Waals surface area contributed by atoms with Gasteiger partial charge in [-0.05, 0) is 12.1 Å². The van der Waals surface area contributed by atoms with Crippen LogP contribution in [0.3, 0.4) is 0 Å². The van der Waals surface area contributed by atoms with Gasteiger partial charge in [0.1, 0.15) is 5.69 Å². The highest BCUT2D eigenvalue weighted by molar-refractivity contribution is 6.10. The number of aromatic nitrogens is 4. The number of amides is 1. The fourth-order valence-corrected chi connectivity index (χ4v) is 2.58. The van der Waals surface area contributed by atoms with Crippen LogP contribution >= 0.6 is 0 Å². The zero-order chi connectivity index (χ0) is 16.5. The number of nitrogens with zero attached hydrogens (tertiary/aromatic N) is 3. The van der Waals surface area contributed by atoms with Gasteiger partial charge >= 0.3 is 0 Å². The van der Waals surface area contributed by atoms with E-state index in [1.165, 1.54) is 0 Å². The van der Waals surface area contributed by atoms with Crippen LogP contribution in [0, 0.1) is 0 Å². The molecule has 3 aromatic heterocycles. The smallest absolute Gasteiger partial charge is 0.270 e. The summed E-state index contributed by atoms with van der Waals surface area (Å²) in [5, 5.41) is 3.45. The third-order valence-electron chi connectivity index (χ3n) is 3.79. The molecule has 1 amide bonds. The van der Waals surface area contributed by atoms with Gasteiger partial charge < -0.3 is 10.3 Å². The van der Waals surface area contributed by atoms with Crippen molar-refractivity contribution in [2.24, 2.45) is 0 Å². The van der Waals surface area contributed by atoms with Gasteiger partial charge in [-0.25, -0.2) is 9.97 Å². The Morgan fingerprint density at radius 2 is 2.04 bits per heavy atom. The number of rotatable bonds is 4. The Kier molecular flexibility index (Phi) is 3.31. The summed E-state index contributed by atoms with van der Waals surface area (Å²) >= 11 is 0. The first-order chi connectivity index (χ1) is 11.7. The number of fused-ring (bicyclic) bond motifs is 2. The molecule has 24 heavy (non-hydrogen) atoms. The Morgan fingerprint density at radius 3 is 2.96 bits per heavy atom. The topological polar surface area (TPSA) is 92.2 Å². The molecule has 0 saturated carbocycles. The summed E-state index contributed by atoms with van der Waals surface area (Å²) in [6, 6.07) is 9.12. The highest BCUT2D eigenvalue weighted by Crippen LogP contribution is 2.17. The number of hydrogen-bond donors (Lipinski definition) is 2. The molecule has 0 aliphatic rings. The van der Waals surface area contributed by atoms with Gasteiger partial charge in [-0.2, -0.15) is 0 Å². The number of para-hydroxylation sites is 1. The van der Waals surface area contributed by atoms with Crippen LogP contribution in [0.15, 0.2) is 55.1 Å². The summed E-state index contributed by atoms with van der Waals surface area (Å²) in [7, 11) is 0. The summed E-state index contributed by atoms with van der Waals surface area (Å²) in [5.41, 5.74) is 1.67. The highest BCUT2D eigenvalue weighted by Gasteiger charge is 2.14. The fourth-order valence-electron chi connectivity index (χ4n) is 2.58. The van der Waals surface area contributed by atoms with E-state index in [1.807, 2.05) is 24.3 Å². The molecule has 4 aromatic rings. The molecule has 0 fully saturated rings. The molecular weight excluding hydrogens is 306 g/mol. The molecule has 118 valence electrons. The number of carbonyl (C=O) groups is 2. The van der Waals surface area contributed by atoms with Gasteiger partial charge in [0.2, 0.25) is 5.78 Å². The van der Waals surface area contributed by atoms with Crippen LogP contribution in [-0.2, 0) is 0 Å². The van der Waals surface area contributed by atoms with Gasteiger partial charge in [0.05, 0.1) is 6.54 Å². The van der Waals surface area contributed by atoms with Crippen LogP contribution < -0.4 is 5.32 Å². The van der Waals surface area contributed by atoms with Crippen LogP contribution in [0.25, 0.3) is 16.7 Å². The lowest BCUT2D eigenvalue weighted by Crippen LogP contribution is -2.30. The molecule has 0 unspecified atom stereocenters. The third-order valence-corrected chi connectivity index (χ3v) is 3.79. The Balaban J connectivity index is 1.49. The van der Waals surface area contributed by atoms with Gasteiger partial charge in [0.25, 0.3) is 5.91 Å². The Labute approximate surface area is 136 Å². The van der Waals surface area contributed by atoms with Crippen molar-refractivity contribution in [3.63, 3.8) is 0 Å². The molecule has 7 nitrogen and oxygen atoms in total. The van der Waals surface area contributed by atoms with Crippen molar-refractivity contribution in [3.05, 3.63) is 66.4 Å². The van der Waals surface area contributed by atoms with E-state index in [0.717, 1.165) is 10.9 Å². The van der Waals surface area contributed by atoms with E-state index in [9.17, 15) is 9.59 Å². The lowest BCUT2D eigenvalue weighted by Gasteiger charge is -2.04. The minimum Gasteiger partial charge on any atom is -0.360 e. The monoisotopic (exact) mass is 319 g/mol. The number of H-pyrrole nitrogens is 1. The zero-order valence-electron chi connectivity index (χ0n) is 12.6. The van der Waals surface area contributed by atoms with Gasteiger partial charge in [0.15, 0.2) is 5.78 Å². The standard InChI is InChI=1S/C17H13N5O2/c23-15(12-9-19-13-4-2-1-3-11(12)13)10-20-16(24)14-5-7-22-8-6-18-17(22)21-14/h1-9,19H,10H2,(H,20,24). The number of imidazole rings is 1. The van der Waals surface area contributed by atoms with Crippen LogP contribution in [0.1, 0.15) is 20.8 Å². The van der Waals surface area contributed by atoms with E-state index in [2.05, 4.69) is 20.3 Å². The number of Topliss-reactive ketones (excluding diaryl/α,β-unsaturated/α-hetero) is 1. The predicted octanol–water partition coefficient (Wildman–Crippen LogP) is 1.82. The first-order valence-electron chi connectivity index (χ1n) is 7.39. The number of benzene rings is 1. The maximum absolute atomic E-state index is 12.4. The number of ketones is 1. The molecule has 0 aliphatic carbocycles. The van der Waals surface area contributed by atoms with Gasteiger partial charge in [0, 0.05) is 41.3 Å². The van der Waals surface area contributed by atoms with Crippen LogP contribution in [-0.4, -0.2) is 37.6 Å². The molecule has 0 bridgehead atoms. The van der Waals surface area contributed by atoms with Crippen molar-refractivity contribution in [1.82, 2.24) is 24.7 Å². The molecule has 1 aromatic carbocycles. The Hall–Kier alpha value is -3.48. The molecule has 0 spiro atoms. The van der Waals surface area contributed by atoms with E-state index < -0.39 is 5.91 Å². The minimum absolute atomic E-state index is 0.0953.